The lowest BCUT2D eigenvalue weighted by molar-refractivity contribution is -0.393. The van der Waals surface area contributed by atoms with Crippen LogP contribution in [-0.4, -0.2) is 36.0 Å². The third kappa shape index (κ3) is 3.38. The number of benzene rings is 1. The molecule has 1 aromatic rings. The molecule has 2 rings (SSSR count). The number of rotatable bonds is 4. The molecule has 1 saturated heterocycles. The average molecular weight is 323 g/mol. The predicted octanol–water partition coefficient (Wildman–Crippen LogP) is 2.53. The lowest BCUT2D eigenvalue weighted by Crippen LogP contribution is -2.34. The van der Waals surface area contributed by atoms with Crippen molar-refractivity contribution in [1.29, 1.82) is 0 Å². The summed E-state index contributed by atoms with van der Waals surface area (Å²) in [6.07, 6.45) is 1.66. The third-order valence-corrected chi connectivity index (χ3v) is 3.99. The molecule has 1 heterocycles. The SMILES string of the molecule is COC(=O)c1cc([N+](=O)[O-])cc([N+](=O)[O-])c1N1CCC(C)CC1. The number of hydrogen-bond donors (Lipinski definition) is 0. The van der Waals surface area contributed by atoms with Crippen LogP contribution in [0.4, 0.5) is 17.1 Å². The van der Waals surface area contributed by atoms with Gasteiger partial charge in [0, 0.05) is 19.2 Å². The van der Waals surface area contributed by atoms with Crippen LogP contribution in [0, 0.1) is 26.1 Å². The molecule has 0 spiro atoms. The van der Waals surface area contributed by atoms with E-state index in [0.29, 0.717) is 19.0 Å². The van der Waals surface area contributed by atoms with Crippen molar-refractivity contribution in [1.82, 2.24) is 0 Å². The van der Waals surface area contributed by atoms with Gasteiger partial charge in [0.2, 0.25) is 0 Å². The van der Waals surface area contributed by atoms with E-state index in [2.05, 4.69) is 11.7 Å². The van der Waals surface area contributed by atoms with Gasteiger partial charge in [-0.15, -0.1) is 0 Å². The highest BCUT2D eigenvalue weighted by Crippen LogP contribution is 2.38. The Morgan fingerprint density at radius 2 is 1.83 bits per heavy atom. The molecule has 1 aromatic carbocycles. The smallest absolute Gasteiger partial charge is 0.340 e. The fourth-order valence-electron chi connectivity index (χ4n) is 2.68. The summed E-state index contributed by atoms with van der Waals surface area (Å²) in [6, 6.07) is 1.92. The highest BCUT2D eigenvalue weighted by molar-refractivity contribution is 5.99. The lowest BCUT2D eigenvalue weighted by Gasteiger charge is -2.32. The van der Waals surface area contributed by atoms with Crippen molar-refractivity contribution in [3.05, 3.63) is 37.9 Å². The van der Waals surface area contributed by atoms with Crippen molar-refractivity contribution in [3.8, 4) is 0 Å². The number of esters is 1. The molecule has 0 unspecified atom stereocenters. The van der Waals surface area contributed by atoms with E-state index in [1.165, 1.54) is 0 Å². The van der Waals surface area contributed by atoms with Crippen LogP contribution in [0.2, 0.25) is 0 Å². The maximum atomic E-state index is 12.0. The normalized spacial score (nSPS) is 15.3. The summed E-state index contributed by atoms with van der Waals surface area (Å²) in [5.41, 5.74) is -1.01. The van der Waals surface area contributed by atoms with Crippen LogP contribution in [0.1, 0.15) is 30.1 Å². The number of non-ortho nitro benzene ring substituents is 1. The number of methoxy groups -OCH3 is 1. The quantitative estimate of drug-likeness (QED) is 0.475. The Morgan fingerprint density at radius 3 is 2.30 bits per heavy atom. The van der Waals surface area contributed by atoms with Crippen LogP contribution in [-0.2, 0) is 4.74 Å². The first-order chi connectivity index (χ1) is 10.8. The van der Waals surface area contributed by atoms with Gasteiger partial charge in [0.15, 0.2) is 0 Å². The second-order valence-corrected chi connectivity index (χ2v) is 5.54. The van der Waals surface area contributed by atoms with E-state index in [4.69, 9.17) is 0 Å². The molecule has 23 heavy (non-hydrogen) atoms. The number of nitro benzene ring substituents is 2. The second-order valence-electron chi connectivity index (χ2n) is 5.54. The lowest BCUT2D eigenvalue weighted by atomic mass is 9.97. The molecular formula is C14H17N3O6. The average Bonchev–Trinajstić information content (AvgIpc) is 2.53. The van der Waals surface area contributed by atoms with Gasteiger partial charge in [-0.2, -0.15) is 0 Å². The van der Waals surface area contributed by atoms with Gasteiger partial charge in [-0.3, -0.25) is 20.2 Å². The zero-order valence-corrected chi connectivity index (χ0v) is 12.9. The van der Waals surface area contributed by atoms with E-state index in [0.717, 1.165) is 32.1 Å². The summed E-state index contributed by atoms with van der Waals surface area (Å²) in [7, 11) is 1.13. The number of hydrogen-bond acceptors (Lipinski definition) is 7. The monoisotopic (exact) mass is 323 g/mol. The summed E-state index contributed by atoms with van der Waals surface area (Å²) in [4.78, 5) is 34.6. The van der Waals surface area contributed by atoms with Gasteiger partial charge in [0.25, 0.3) is 11.4 Å². The fourth-order valence-corrected chi connectivity index (χ4v) is 2.68. The molecule has 9 heteroatoms. The minimum atomic E-state index is -0.828. The van der Waals surface area contributed by atoms with E-state index in [1.54, 1.807) is 4.90 Å². The van der Waals surface area contributed by atoms with Crippen LogP contribution < -0.4 is 4.90 Å². The number of carbonyl (C=O) groups excluding carboxylic acids is 1. The summed E-state index contributed by atoms with van der Waals surface area (Å²) in [5, 5.41) is 22.4. The number of nitrogens with zero attached hydrogens (tertiary/aromatic N) is 3. The van der Waals surface area contributed by atoms with E-state index in [1.807, 2.05) is 0 Å². The summed E-state index contributed by atoms with van der Waals surface area (Å²) in [5.74, 6) is -0.338. The first-order valence-corrected chi connectivity index (χ1v) is 7.15. The maximum absolute atomic E-state index is 12.0. The topological polar surface area (TPSA) is 116 Å². The predicted molar refractivity (Wildman–Crippen MR) is 81.7 cm³/mol. The van der Waals surface area contributed by atoms with E-state index >= 15 is 0 Å². The van der Waals surface area contributed by atoms with Crippen LogP contribution in [0.25, 0.3) is 0 Å². The number of anilines is 1. The van der Waals surface area contributed by atoms with E-state index in [9.17, 15) is 25.0 Å². The summed E-state index contributed by atoms with van der Waals surface area (Å²) in [6.45, 7) is 3.18. The van der Waals surface area contributed by atoms with Gasteiger partial charge in [0.1, 0.15) is 5.69 Å². The minimum Gasteiger partial charge on any atom is -0.465 e. The van der Waals surface area contributed by atoms with Gasteiger partial charge in [-0.1, -0.05) is 6.92 Å². The fraction of sp³-hybridized carbons (Fsp3) is 0.500. The Bertz CT molecular complexity index is 652. The van der Waals surface area contributed by atoms with Gasteiger partial charge >= 0.3 is 5.97 Å². The Balaban J connectivity index is 2.62. The zero-order chi connectivity index (χ0) is 17.1. The maximum Gasteiger partial charge on any atom is 0.340 e. The second kappa shape index (κ2) is 6.59. The molecule has 0 N–H and O–H groups in total. The van der Waals surface area contributed by atoms with Gasteiger partial charge < -0.3 is 9.64 Å². The zero-order valence-electron chi connectivity index (χ0n) is 12.9. The molecular weight excluding hydrogens is 306 g/mol. The third-order valence-electron chi connectivity index (χ3n) is 3.99. The van der Waals surface area contributed by atoms with Crippen molar-refractivity contribution >= 4 is 23.0 Å². The van der Waals surface area contributed by atoms with Crippen LogP contribution in [0.15, 0.2) is 12.1 Å². The van der Waals surface area contributed by atoms with Gasteiger partial charge in [-0.25, -0.2) is 4.79 Å². The molecule has 1 aliphatic rings. The summed E-state index contributed by atoms with van der Waals surface area (Å²) < 4.78 is 4.65. The van der Waals surface area contributed by atoms with Gasteiger partial charge in [0.05, 0.1) is 28.6 Å². The largest absolute Gasteiger partial charge is 0.465 e. The molecule has 0 atom stereocenters. The van der Waals surface area contributed by atoms with Crippen molar-refractivity contribution in [3.63, 3.8) is 0 Å². The molecule has 0 amide bonds. The molecule has 0 aliphatic carbocycles. The van der Waals surface area contributed by atoms with Crippen molar-refractivity contribution in [2.45, 2.75) is 19.8 Å². The highest BCUT2D eigenvalue weighted by Gasteiger charge is 2.32. The van der Waals surface area contributed by atoms with Gasteiger partial charge in [-0.05, 0) is 18.8 Å². The van der Waals surface area contributed by atoms with Crippen LogP contribution >= 0.6 is 0 Å². The van der Waals surface area contributed by atoms with E-state index < -0.39 is 27.2 Å². The number of piperidine rings is 1. The van der Waals surface area contributed by atoms with Crippen molar-refractivity contribution < 1.29 is 19.4 Å². The van der Waals surface area contributed by atoms with Crippen LogP contribution in [0.5, 0.6) is 0 Å². The molecule has 0 saturated carbocycles. The Morgan fingerprint density at radius 1 is 1.22 bits per heavy atom. The van der Waals surface area contributed by atoms with Crippen molar-refractivity contribution in [2.24, 2.45) is 5.92 Å². The molecule has 0 bridgehead atoms. The van der Waals surface area contributed by atoms with Crippen molar-refractivity contribution in [2.75, 3.05) is 25.1 Å². The molecule has 0 radical (unpaired) electrons. The van der Waals surface area contributed by atoms with Crippen LogP contribution in [0.3, 0.4) is 0 Å². The Kier molecular flexibility index (Phi) is 4.77. The first kappa shape index (κ1) is 16.7. The first-order valence-electron chi connectivity index (χ1n) is 7.15. The highest BCUT2D eigenvalue weighted by atomic mass is 16.6. The number of nitro groups is 2. The number of ether oxygens (including phenoxy) is 1. The van der Waals surface area contributed by atoms with E-state index in [-0.39, 0.29) is 11.3 Å². The number of carbonyl (C=O) groups is 1. The molecule has 1 aliphatic heterocycles. The Hall–Kier alpha value is -2.71. The molecule has 1 fully saturated rings. The molecule has 0 aromatic heterocycles. The molecule has 124 valence electrons. The summed E-state index contributed by atoms with van der Waals surface area (Å²) >= 11 is 0. The standard InChI is InChI=1S/C14H17N3O6/c1-9-3-5-15(6-4-9)13-11(14(18)23-2)7-10(16(19)20)8-12(13)17(21)22/h7-9H,3-6H2,1-2H3. The molecule has 9 nitrogen and oxygen atoms in total. The Labute approximate surface area is 132 Å². The minimum absolute atomic E-state index is 0.0966.